The second kappa shape index (κ2) is 7.87. The maximum atomic E-state index is 13.1. The fourth-order valence-corrected chi connectivity index (χ4v) is 5.88. The minimum absolute atomic E-state index is 0.0858. The molecule has 1 aliphatic rings. The first kappa shape index (κ1) is 19.3. The molecule has 0 aliphatic heterocycles. The van der Waals surface area contributed by atoms with Crippen LogP contribution in [0.1, 0.15) is 45.1 Å². The molecule has 1 aromatic rings. The highest BCUT2D eigenvalue weighted by molar-refractivity contribution is 7.92. The van der Waals surface area contributed by atoms with E-state index in [0.717, 1.165) is 12.8 Å². The number of halogens is 1. The van der Waals surface area contributed by atoms with E-state index >= 15 is 0 Å². The number of carbonyl (C=O) groups is 1. The van der Waals surface area contributed by atoms with Crippen molar-refractivity contribution in [2.75, 3.05) is 13.1 Å². The summed E-state index contributed by atoms with van der Waals surface area (Å²) in [6.45, 7) is 6.96. The summed E-state index contributed by atoms with van der Waals surface area (Å²) in [6, 6.07) is 4.99. The minimum Gasteiger partial charge on any atom is -0.343 e. The molecule has 1 saturated carbocycles. The van der Waals surface area contributed by atoms with Gasteiger partial charge in [-0.25, -0.2) is 8.42 Å². The highest BCUT2D eigenvalue weighted by atomic mass is 35.5. The van der Waals surface area contributed by atoms with E-state index in [1.54, 1.807) is 30.0 Å². The van der Waals surface area contributed by atoms with E-state index in [1.807, 2.05) is 13.8 Å². The van der Waals surface area contributed by atoms with Gasteiger partial charge in [0.25, 0.3) is 0 Å². The Hall–Kier alpha value is -1.07. The van der Waals surface area contributed by atoms with Crippen LogP contribution < -0.4 is 0 Å². The van der Waals surface area contributed by atoms with Gasteiger partial charge in [0.15, 0.2) is 9.84 Å². The predicted octanol–water partition coefficient (Wildman–Crippen LogP) is 3.85. The van der Waals surface area contributed by atoms with Crippen LogP contribution in [0, 0.1) is 12.8 Å². The molecule has 0 heterocycles. The third-order valence-electron chi connectivity index (χ3n) is 5.01. The molecular formula is C18H26ClNO3S. The minimum atomic E-state index is -3.48. The summed E-state index contributed by atoms with van der Waals surface area (Å²) in [5.41, 5.74) is 0.594. The number of benzene rings is 1. The summed E-state index contributed by atoms with van der Waals surface area (Å²) in [5.74, 6) is -0.111. The summed E-state index contributed by atoms with van der Waals surface area (Å²) in [4.78, 5) is 14.7. The number of hydrogen-bond acceptors (Lipinski definition) is 3. The first-order valence-electron chi connectivity index (χ1n) is 8.60. The SMILES string of the molecule is CCN(CC)C(=O)C1CCCC(S(=O)(=O)c2cccc(Cl)c2C)C1. The number of hydrogen-bond donors (Lipinski definition) is 0. The van der Waals surface area contributed by atoms with Crippen LogP contribution in [0.15, 0.2) is 23.1 Å². The molecule has 0 aromatic heterocycles. The quantitative estimate of drug-likeness (QED) is 0.789. The zero-order valence-corrected chi connectivity index (χ0v) is 16.2. The van der Waals surface area contributed by atoms with E-state index in [2.05, 4.69) is 0 Å². The van der Waals surface area contributed by atoms with Crippen molar-refractivity contribution in [1.82, 2.24) is 4.90 Å². The van der Waals surface area contributed by atoms with Gasteiger partial charge in [-0.2, -0.15) is 0 Å². The Bertz CT molecular complexity index is 698. The van der Waals surface area contributed by atoms with E-state index in [9.17, 15) is 13.2 Å². The number of nitrogens with zero attached hydrogens (tertiary/aromatic N) is 1. The molecule has 0 saturated heterocycles. The van der Waals surface area contributed by atoms with Crippen molar-refractivity contribution in [3.63, 3.8) is 0 Å². The molecule has 4 nitrogen and oxygen atoms in total. The smallest absolute Gasteiger partial charge is 0.225 e. The van der Waals surface area contributed by atoms with Crippen molar-refractivity contribution in [1.29, 1.82) is 0 Å². The van der Waals surface area contributed by atoms with Gasteiger partial charge < -0.3 is 4.90 Å². The van der Waals surface area contributed by atoms with Crippen LogP contribution in [0.4, 0.5) is 0 Å². The standard InChI is InChI=1S/C18H26ClNO3S/c1-4-20(5-2)18(21)14-8-6-9-15(12-14)24(22,23)17-11-7-10-16(19)13(17)3/h7,10-11,14-15H,4-6,8-9,12H2,1-3H3. The van der Waals surface area contributed by atoms with Gasteiger partial charge in [0.05, 0.1) is 10.1 Å². The van der Waals surface area contributed by atoms with Crippen LogP contribution in [0.2, 0.25) is 5.02 Å². The molecule has 1 aliphatic carbocycles. The summed E-state index contributed by atoms with van der Waals surface area (Å²) >= 11 is 6.09. The summed E-state index contributed by atoms with van der Waals surface area (Å²) in [5, 5.41) is -0.0458. The number of sulfone groups is 1. The maximum Gasteiger partial charge on any atom is 0.225 e. The van der Waals surface area contributed by atoms with E-state index in [0.29, 0.717) is 41.4 Å². The van der Waals surface area contributed by atoms with Gasteiger partial charge in [-0.15, -0.1) is 0 Å². The van der Waals surface area contributed by atoms with Gasteiger partial charge in [0.2, 0.25) is 5.91 Å². The van der Waals surface area contributed by atoms with Crippen LogP contribution in [0.25, 0.3) is 0 Å². The van der Waals surface area contributed by atoms with Crippen LogP contribution in [0.3, 0.4) is 0 Å². The van der Waals surface area contributed by atoms with Gasteiger partial charge in [-0.05, 0) is 57.7 Å². The van der Waals surface area contributed by atoms with Crippen molar-refractivity contribution >= 4 is 27.3 Å². The molecule has 6 heteroatoms. The fraction of sp³-hybridized carbons (Fsp3) is 0.611. The largest absolute Gasteiger partial charge is 0.343 e. The second-order valence-electron chi connectivity index (χ2n) is 6.40. The Kier molecular flexibility index (Phi) is 6.32. The van der Waals surface area contributed by atoms with Crippen LogP contribution in [0.5, 0.6) is 0 Å². The van der Waals surface area contributed by atoms with E-state index < -0.39 is 15.1 Å². The topological polar surface area (TPSA) is 54.5 Å². The molecule has 0 spiro atoms. The average Bonchev–Trinajstić information content (AvgIpc) is 2.58. The van der Waals surface area contributed by atoms with Crippen LogP contribution in [-0.2, 0) is 14.6 Å². The van der Waals surface area contributed by atoms with Crippen molar-refractivity contribution < 1.29 is 13.2 Å². The second-order valence-corrected chi connectivity index (χ2v) is 9.01. The zero-order chi connectivity index (χ0) is 17.9. The molecule has 0 radical (unpaired) electrons. The number of rotatable bonds is 5. The lowest BCUT2D eigenvalue weighted by Gasteiger charge is -2.32. The molecule has 2 unspecified atom stereocenters. The summed E-state index contributed by atoms with van der Waals surface area (Å²) in [6.07, 6.45) is 2.55. The Morgan fingerprint density at radius 3 is 2.54 bits per heavy atom. The average molecular weight is 372 g/mol. The Labute approximate surface area is 150 Å². The predicted molar refractivity (Wildman–Crippen MR) is 97.0 cm³/mol. The molecule has 0 N–H and O–H groups in total. The summed E-state index contributed by atoms with van der Waals surface area (Å²) in [7, 11) is -3.48. The molecule has 1 amide bonds. The molecule has 24 heavy (non-hydrogen) atoms. The first-order valence-corrected chi connectivity index (χ1v) is 10.5. The lowest BCUT2D eigenvalue weighted by atomic mass is 9.88. The van der Waals surface area contributed by atoms with Crippen molar-refractivity contribution in [3.05, 3.63) is 28.8 Å². The molecule has 0 bridgehead atoms. The molecule has 134 valence electrons. The zero-order valence-electron chi connectivity index (χ0n) is 14.6. The van der Waals surface area contributed by atoms with Crippen LogP contribution >= 0.6 is 11.6 Å². The van der Waals surface area contributed by atoms with Crippen LogP contribution in [-0.4, -0.2) is 37.6 Å². The highest BCUT2D eigenvalue weighted by Crippen LogP contribution is 2.35. The summed E-state index contributed by atoms with van der Waals surface area (Å²) < 4.78 is 26.1. The third kappa shape index (κ3) is 3.77. The highest BCUT2D eigenvalue weighted by Gasteiger charge is 2.37. The number of amides is 1. The maximum absolute atomic E-state index is 13.1. The molecular weight excluding hydrogens is 346 g/mol. The fourth-order valence-electron chi connectivity index (χ4n) is 3.52. The monoisotopic (exact) mass is 371 g/mol. The molecule has 2 rings (SSSR count). The van der Waals surface area contributed by atoms with Crippen molar-refractivity contribution in [2.24, 2.45) is 5.92 Å². The number of carbonyl (C=O) groups excluding carboxylic acids is 1. The lowest BCUT2D eigenvalue weighted by molar-refractivity contribution is -0.136. The van der Waals surface area contributed by atoms with Gasteiger partial charge >= 0.3 is 0 Å². The third-order valence-corrected chi connectivity index (χ3v) is 7.78. The molecule has 2 atom stereocenters. The first-order chi connectivity index (χ1) is 11.3. The van der Waals surface area contributed by atoms with Gasteiger partial charge in [-0.1, -0.05) is 24.1 Å². The van der Waals surface area contributed by atoms with Gasteiger partial charge in [0, 0.05) is 24.0 Å². The lowest BCUT2D eigenvalue weighted by Crippen LogP contribution is -2.40. The van der Waals surface area contributed by atoms with Crippen molar-refractivity contribution in [3.8, 4) is 0 Å². The normalized spacial score (nSPS) is 21.5. The van der Waals surface area contributed by atoms with E-state index in [-0.39, 0.29) is 11.8 Å². The Morgan fingerprint density at radius 2 is 1.92 bits per heavy atom. The Balaban J connectivity index is 2.25. The molecule has 1 fully saturated rings. The van der Waals surface area contributed by atoms with Gasteiger partial charge in [0.1, 0.15) is 0 Å². The molecule has 1 aromatic carbocycles. The van der Waals surface area contributed by atoms with E-state index in [1.165, 1.54) is 0 Å². The van der Waals surface area contributed by atoms with Gasteiger partial charge in [-0.3, -0.25) is 4.79 Å². The van der Waals surface area contributed by atoms with Crippen molar-refractivity contribution in [2.45, 2.75) is 56.6 Å². The Morgan fingerprint density at radius 1 is 1.25 bits per heavy atom. The van der Waals surface area contributed by atoms with E-state index in [4.69, 9.17) is 11.6 Å².